The summed E-state index contributed by atoms with van der Waals surface area (Å²) in [6.45, 7) is 5.68. The first-order valence-corrected chi connectivity index (χ1v) is 5.21. The molecule has 0 aliphatic carbocycles. The molecule has 0 bridgehead atoms. The van der Waals surface area contributed by atoms with E-state index in [-0.39, 0.29) is 11.9 Å². The van der Waals surface area contributed by atoms with Gasteiger partial charge in [0.2, 0.25) is 5.91 Å². The number of esters is 1. The van der Waals surface area contributed by atoms with E-state index >= 15 is 0 Å². The van der Waals surface area contributed by atoms with Crippen LogP contribution in [0.15, 0.2) is 0 Å². The molecule has 0 heterocycles. The lowest BCUT2D eigenvalue weighted by atomic mass is 10.2. The summed E-state index contributed by atoms with van der Waals surface area (Å²) in [4.78, 5) is 22.6. The summed E-state index contributed by atoms with van der Waals surface area (Å²) in [5, 5.41) is 5.43. The zero-order chi connectivity index (χ0) is 11.8. The Bertz CT molecular complexity index is 219. The SMILES string of the molecule is CCOC(=O)C(CC)NC(C)C(=O)NC. The molecule has 2 atom stereocenters. The Labute approximate surface area is 90.6 Å². The highest BCUT2D eigenvalue weighted by molar-refractivity contribution is 5.82. The van der Waals surface area contributed by atoms with Crippen LogP contribution in [0.4, 0.5) is 0 Å². The third-order valence-corrected chi connectivity index (χ3v) is 2.07. The molecule has 0 aliphatic heterocycles. The van der Waals surface area contributed by atoms with Crippen molar-refractivity contribution >= 4 is 11.9 Å². The summed E-state index contributed by atoms with van der Waals surface area (Å²) >= 11 is 0. The summed E-state index contributed by atoms with van der Waals surface area (Å²) in [6.07, 6.45) is 0.597. The van der Waals surface area contributed by atoms with E-state index in [4.69, 9.17) is 4.74 Å². The van der Waals surface area contributed by atoms with Gasteiger partial charge in [-0.15, -0.1) is 0 Å². The van der Waals surface area contributed by atoms with Gasteiger partial charge in [-0.25, -0.2) is 0 Å². The van der Waals surface area contributed by atoms with E-state index < -0.39 is 12.1 Å². The molecular formula is C10H20N2O3. The van der Waals surface area contributed by atoms with Crippen LogP contribution in [-0.2, 0) is 14.3 Å². The lowest BCUT2D eigenvalue weighted by Gasteiger charge is -2.19. The van der Waals surface area contributed by atoms with Crippen molar-refractivity contribution in [3.05, 3.63) is 0 Å². The van der Waals surface area contributed by atoms with Gasteiger partial charge in [0.05, 0.1) is 12.6 Å². The Morgan fingerprint density at radius 1 is 1.33 bits per heavy atom. The molecule has 2 N–H and O–H groups in total. The number of rotatable bonds is 6. The van der Waals surface area contributed by atoms with Crippen molar-refractivity contribution in [1.29, 1.82) is 0 Å². The summed E-state index contributed by atoms with van der Waals surface area (Å²) in [7, 11) is 1.56. The molecule has 0 aliphatic rings. The molecule has 5 heteroatoms. The first-order chi connectivity index (χ1) is 7.06. The standard InChI is InChI=1S/C10H20N2O3/c1-5-8(10(14)15-6-2)12-7(3)9(13)11-4/h7-8,12H,5-6H2,1-4H3,(H,11,13). The fourth-order valence-corrected chi connectivity index (χ4v) is 1.19. The third-order valence-electron chi connectivity index (χ3n) is 2.07. The average molecular weight is 216 g/mol. The van der Waals surface area contributed by atoms with Crippen LogP contribution in [0.2, 0.25) is 0 Å². The van der Waals surface area contributed by atoms with Gasteiger partial charge in [-0.1, -0.05) is 6.92 Å². The summed E-state index contributed by atoms with van der Waals surface area (Å²) in [5.41, 5.74) is 0. The predicted octanol–water partition coefficient (Wildman–Crippen LogP) is 0.0522. The minimum atomic E-state index is -0.419. The Kier molecular flexibility index (Phi) is 6.70. The van der Waals surface area contributed by atoms with Crippen molar-refractivity contribution in [2.45, 2.75) is 39.3 Å². The van der Waals surface area contributed by atoms with Crippen LogP contribution >= 0.6 is 0 Å². The van der Waals surface area contributed by atoms with Gasteiger partial charge < -0.3 is 10.1 Å². The van der Waals surface area contributed by atoms with Gasteiger partial charge in [0.25, 0.3) is 0 Å². The highest BCUT2D eigenvalue weighted by Gasteiger charge is 2.22. The van der Waals surface area contributed by atoms with Gasteiger partial charge in [-0.05, 0) is 20.3 Å². The zero-order valence-corrected chi connectivity index (χ0v) is 9.79. The first kappa shape index (κ1) is 13.9. The van der Waals surface area contributed by atoms with Crippen LogP contribution in [0.5, 0.6) is 0 Å². The van der Waals surface area contributed by atoms with Crippen molar-refractivity contribution in [1.82, 2.24) is 10.6 Å². The number of hydrogen-bond acceptors (Lipinski definition) is 4. The Balaban J connectivity index is 4.20. The molecule has 1 amide bonds. The second-order valence-corrected chi connectivity index (χ2v) is 3.22. The first-order valence-electron chi connectivity index (χ1n) is 5.21. The molecule has 0 aromatic heterocycles. The smallest absolute Gasteiger partial charge is 0.323 e. The maximum atomic E-state index is 11.4. The van der Waals surface area contributed by atoms with Crippen LogP contribution in [0.25, 0.3) is 0 Å². The number of amides is 1. The van der Waals surface area contributed by atoms with Crippen LogP contribution in [0.3, 0.4) is 0 Å². The van der Waals surface area contributed by atoms with Gasteiger partial charge >= 0.3 is 5.97 Å². The highest BCUT2D eigenvalue weighted by Crippen LogP contribution is 1.97. The van der Waals surface area contributed by atoms with Crippen LogP contribution in [0, 0.1) is 0 Å². The fraction of sp³-hybridized carbons (Fsp3) is 0.800. The molecule has 0 saturated carbocycles. The third kappa shape index (κ3) is 4.78. The molecule has 0 saturated heterocycles. The molecule has 5 nitrogen and oxygen atoms in total. The molecule has 0 rings (SSSR count). The van der Waals surface area contributed by atoms with Crippen molar-refractivity contribution in [2.75, 3.05) is 13.7 Å². The second kappa shape index (κ2) is 7.23. The Morgan fingerprint density at radius 3 is 2.33 bits per heavy atom. The van der Waals surface area contributed by atoms with E-state index in [1.807, 2.05) is 6.92 Å². The average Bonchev–Trinajstić information content (AvgIpc) is 2.24. The van der Waals surface area contributed by atoms with Crippen molar-refractivity contribution in [3.63, 3.8) is 0 Å². The lowest BCUT2D eigenvalue weighted by Crippen LogP contribution is -2.49. The van der Waals surface area contributed by atoms with Gasteiger partial charge in [-0.3, -0.25) is 14.9 Å². The number of carbonyl (C=O) groups is 2. The fourth-order valence-electron chi connectivity index (χ4n) is 1.19. The molecule has 0 radical (unpaired) electrons. The van der Waals surface area contributed by atoms with Gasteiger partial charge in [0.1, 0.15) is 6.04 Å². The highest BCUT2D eigenvalue weighted by atomic mass is 16.5. The Hall–Kier alpha value is -1.10. The molecule has 0 aromatic rings. The summed E-state index contributed by atoms with van der Waals surface area (Å²) in [6, 6.07) is -0.818. The van der Waals surface area contributed by atoms with Crippen LogP contribution < -0.4 is 10.6 Å². The Morgan fingerprint density at radius 2 is 1.93 bits per heavy atom. The van der Waals surface area contributed by atoms with Crippen molar-refractivity contribution in [3.8, 4) is 0 Å². The molecule has 0 fully saturated rings. The number of hydrogen-bond donors (Lipinski definition) is 2. The molecule has 0 spiro atoms. The molecule has 0 aromatic carbocycles. The van der Waals surface area contributed by atoms with Crippen LogP contribution in [0.1, 0.15) is 27.2 Å². The minimum Gasteiger partial charge on any atom is -0.465 e. The van der Waals surface area contributed by atoms with E-state index in [0.29, 0.717) is 13.0 Å². The number of likely N-dealkylation sites (N-methyl/N-ethyl adjacent to an activating group) is 1. The van der Waals surface area contributed by atoms with Gasteiger partial charge in [0.15, 0.2) is 0 Å². The predicted molar refractivity (Wildman–Crippen MR) is 57.4 cm³/mol. The summed E-state index contributed by atoms with van der Waals surface area (Å²) in [5.74, 6) is -0.450. The van der Waals surface area contributed by atoms with E-state index in [0.717, 1.165) is 0 Å². The summed E-state index contributed by atoms with van der Waals surface area (Å²) < 4.78 is 4.88. The molecule has 2 unspecified atom stereocenters. The second-order valence-electron chi connectivity index (χ2n) is 3.22. The van der Waals surface area contributed by atoms with Crippen LogP contribution in [-0.4, -0.2) is 37.6 Å². The number of nitrogens with one attached hydrogen (secondary N) is 2. The largest absolute Gasteiger partial charge is 0.465 e. The van der Waals surface area contributed by atoms with Gasteiger partial charge in [0, 0.05) is 7.05 Å². The minimum absolute atomic E-state index is 0.141. The van der Waals surface area contributed by atoms with Crippen molar-refractivity contribution < 1.29 is 14.3 Å². The van der Waals surface area contributed by atoms with E-state index in [1.165, 1.54) is 0 Å². The molecule has 15 heavy (non-hydrogen) atoms. The number of ether oxygens (including phenoxy) is 1. The number of carbonyl (C=O) groups excluding carboxylic acids is 2. The lowest BCUT2D eigenvalue weighted by molar-refractivity contribution is -0.146. The van der Waals surface area contributed by atoms with Crippen molar-refractivity contribution in [2.24, 2.45) is 0 Å². The maximum Gasteiger partial charge on any atom is 0.323 e. The maximum absolute atomic E-state index is 11.4. The van der Waals surface area contributed by atoms with E-state index in [9.17, 15) is 9.59 Å². The van der Waals surface area contributed by atoms with E-state index in [2.05, 4.69) is 10.6 Å². The molecule has 88 valence electrons. The van der Waals surface area contributed by atoms with Gasteiger partial charge in [-0.2, -0.15) is 0 Å². The van der Waals surface area contributed by atoms with E-state index in [1.54, 1.807) is 20.9 Å². The normalized spacial score (nSPS) is 14.1. The molecular weight excluding hydrogens is 196 g/mol. The monoisotopic (exact) mass is 216 g/mol. The zero-order valence-electron chi connectivity index (χ0n) is 9.79. The topological polar surface area (TPSA) is 67.4 Å². The quantitative estimate of drug-likeness (QED) is 0.616.